The molecule has 2 amide bonds. The number of ether oxygens (including phenoxy) is 2. The molecule has 0 radical (unpaired) electrons. The van der Waals surface area contributed by atoms with Crippen LogP contribution < -0.4 is 20.1 Å². The Kier molecular flexibility index (Phi) is 10.2. The van der Waals surface area contributed by atoms with Gasteiger partial charge in [-0.15, -0.1) is 0 Å². The van der Waals surface area contributed by atoms with Crippen molar-refractivity contribution in [3.8, 4) is 11.5 Å². The van der Waals surface area contributed by atoms with E-state index in [1.165, 1.54) is 0 Å². The summed E-state index contributed by atoms with van der Waals surface area (Å²) < 4.78 is 10.5. The van der Waals surface area contributed by atoms with Gasteiger partial charge in [-0.05, 0) is 36.5 Å². The fourth-order valence-electron chi connectivity index (χ4n) is 2.70. The van der Waals surface area contributed by atoms with Crippen LogP contribution in [-0.4, -0.2) is 39.1 Å². The number of hydrogen-bond acceptors (Lipinski definition) is 4. The minimum atomic E-state index is -0.587. The number of nitrogens with one attached hydrogen (secondary N) is 2. The molecule has 0 heterocycles. The van der Waals surface area contributed by atoms with Crippen LogP contribution in [-0.2, 0) is 16.0 Å². The summed E-state index contributed by atoms with van der Waals surface area (Å²) in [7, 11) is 3.17. The monoisotopic (exact) mass is 364 g/mol. The van der Waals surface area contributed by atoms with Crippen LogP contribution >= 0.6 is 0 Å². The molecule has 6 heteroatoms. The van der Waals surface area contributed by atoms with Crippen molar-refractivity contribution in [1.82, 2.24) is 10.6 Å². The number of methoxy groups -OCH3 is 2. The first kappa shape index (κ1) is 21.8. The number of hydrogen-bond donors (Lipinski definition) is 2. The fraction of sp³-hybridized carbons (Fsp3) is 0.600. The number of unbranched alkanes of at least 4 members (excludes halogenated alkanes) is 1. The lowest BCUT2D eigenvalue weighted by Gasteiger charge is -2.15. The highest BCUT2D eigenvalue weighted by Gasteiger charge is 2.15. The van der Waals surface area contributed by atoms with E-state index in [0.717, 1.165) is 31.2 Å². The van der Waals surface area contributed by atoms with E-state index in [-0.39, 0.29) is 0 Å². The summed E-state index contributed by atoms with van der Waals surface area (Å²) >= 11 is 0. The Morgan fingerprint density at radius 2 is 1.73 bits per heavy atom. The smallest absolute Gasteiger partial charge is 0.309 e. The van der Waals surface area contributed by atoms with E-state index in [1.54, 1.807) is 14.2 Å². The molecule has 0 saturated heterocycles. The van der Waals surface area contributed by atoms with Crippen LogP contribution in [0.4, 0.5) is 0 Å². The quantitative estimate of drug-likeness (QED) is 0.592. The second kappa shape index (κ2) is 12.2. The number of carbonyl (C=O) groups is 2. The fourth-order valence-corrected chi connectivity index (χ4v) is 2.70. The van der Waals surface area contributed by atoms with E-state index < -0.39 is 11.8 Å². The topological polar surface area (TPSA) is 76.7 Å². The van der Waals surface area contributed by atoms with Crippen molar-refractivity contribution in [3.05, 3.63) is 23.8 Å². The van der Waals surface area contributed by atoms with Gasteiger partial charge < -0.3 is 20.1 Å². The molecule has 0 aromatic heterocycles. The van der Waals surface area contributed by atoms with Crippen molar-refractivity contribution in [2.45, 2.75) is 46.0 Å². The highest BCUT2D eigenvalue weighted by Crippen LogP contribution is 2.27. The zero-order chi connectivity index (χ0) is 19.4. The summed E-state index contributed by atoms with van der Waals surface area (Å²) in [6, 6.07) is 5.60. The largest absolute Gasteiger partial charge is 0.493 e. The third-order valence-electron chi connectivity index (χ3n) is 4.45. The van der Waals surface area contributed by atoms with Gasteiger partial charge in [0.05, 0.1) is 14.2 Å². The zero-order valence-corrected chi connectivity index (χ0v) is 16.4. The lowest BCUT2D eigenvalue weighted by atomic mass is 9.99. The Morgan fingerprint density at radius 3 is 2.35 bits per heavy atom. The first-order chi connectivity index (χ1) is 12.5. The molecule has 1 aromatic carbocycles. The minimum absolute atomic E-state index is 0.384. The minimum Gasteiger partial charge on any atom is -0.493 e. The molecule has 6 nitrogen and oxygen atoms in total. The molecule has 0 aliphatic rings. The summed E-state index contributed by atoms with van der Waals surface area (Å²) in [5.41, 5.74) is 0.994. The van der Waals surface area contributed by atoms with E-state index in [4.69, 9.17) is 9.47 Å². The van der Waals surface area contributed by atoms with Gasteiger partial charge in [0.15, 0.2) is 11.5 Å². The Morgan fingerprint density at radius 1 is 1.04 bits per heavy atom. The molecule has 0 aliphatic heterocycles. The first-order valence-corrected chi connectivity index (χ1v) is 9.32. The average Bonchev–Trinajstić information content (AvgIpc) is 2.67. The zero-order valence-electron chi connectivity index (χ0n) is 16.4. The Balaban J connectivity index is 2.38. The number of carbonyl (C=O) groups excluding carboxylic acids is 2. The highest BCUT2D eigenvalue weighted by atomic mass is 16.5. The molecule has 0 aliphatic carbocycles. The van der Waals surface area contributed by atoms with Gasteiger partial charge in [0.2, 0.25) is 0 Å². The normalized spacial score (nSPS) is 11.5. The lowest BCUT2D eigenvalue weighted by Crippen LogP contribution is -2.42. The maximum atomic E-state index is 11.9. The molecule has 0 saturated carbocycles. The molecule has 0 fully saturated rings. The SMILES string of the molecule is CCCC[C@@H](CC)CNC(=O)C(=O)NCCc1ccc(OC)c(OC)c1. The van der Waals surface area contributed by atoms with E-state index >= 15 is 0 Å². The van der Waals surface area contributed by atoms with Gasteiger partial charge in [-0.3, -0.25) is 9.59 Å². The maximum Gasteiger partial charge on any atom is 0.309 e. The van der Waals surface area contributed by atoms with Crippen LogP contribution in [0.5, 0.6) is 11.5 Å². The standard InChI is InChI=1S/C20H32N2O4/c1-5-7-8-15(6-2)14-22-20(24)19(23)21-12-11-16-9-10-17(25-3)18(13-16)26-4/h9-10,13,15H,5-8,11-12,14H2,1-4H3,(H,21,23)(H,22,24)/t15-/m1/s1. The van der Waals surface area contributed by atoms with E-state index in [2.05, 4.69) is 24.5 Å². The highest BCUT2D eigenvalue weighted by molar-refractivity contribution is 6.35. The van der Waals surface area contributed by atoms with Gasteiger partial charge in [0.1, 0.15) is 0 Å². The van der Waals surface area contributed by atoms with Gasteiger partial charge in [-0.2, -0.15) is 0 Å². The molecule has 1 aromatic rings. The van der Waals surface area contributed by atoms with Gasteiger partial charge in [0.25, 0.3) is 0 Å². The Hall–Kier alpha value is -2.24. The van der Waals surface area contributed by atoms with E-state index in [1.807, 2.05) is 18.2 Å². The van der Waals surface area contributed by atoms with Crippen LogP contribution in [0.25, 0.3) is 0 Å². The first-order valence-electron chi connectivity index (χ1n) is 9.32. The van der Waals surface area contributed by atoms with Crippen LogP contribution in [0.15, 0.2) is 18.2 Å². The van der Waals surface area contributed by atoms with Gasteiger partial charge in [-0.25, -0.2) is 0 Å². The molecule has 1 atom stereocenters. The summed E-state index contributed by atoms with van der Waals surface area (Å²) in [6.07, 6.45) is 4.97. The van der Waals surface area contributed by atoms with Crippen LogP contribution in [0.2, 0.25) is 0 Å². The van der Waals surface area contributed by atoms with Crippen molar-refractivity contribution in [2.75, 3.05) is 27.3 Å². The van der Waals surface area contributed by atoms with Crippen LogP contribution in [0.1, 0.15) is 45.1 Å². The van der Waals surface area contributed by atoms with Crippen LogP contribution in [0, 0.1) is 5.92 Å². The summed E-state index contributed by atoms with van der Waals surface area (Å²) in [5.74, 6) is 0.585. The lowest BCUT2D eigenvalue weighted by molar-refractivity contribution is -0.139. The summed E-state index contributed by atoms with van der Waals surface area (Å²) in [4.78, 5) is 23.8. The second-order valence-electron chi connectivity index (χ2n) is 6.32. The van der Waals surface area contributed by atoms with Gasteiger partial charge >= 0.3 is 11.8 Å². The summed E-state index contributed by atoms with van der Waals surface area (Å²) in [5, 5.41) is 5.40. The van der Waals surface area contributed by atoms with Gasteiger partial charge in [0, 0.05) is 13.1 Å². The molecule has 1 rings (SSSR count). The molecule has 26 heavy (non-hydrogen) atoms. The van der Waals surface area contributed by atoms with Crippen molar-refractivity contribution >= 4 is 11.8 Å². The van der Waals surface area contributed by atoms with E-state index in [0.29, 0.717) is 36.9 Å². The molecular weight excluding hydrogens is 332 g/mol. The van der Waals surface area contributed by atoms with Crippen molar-refractivity contribution in [2.24, 2.45) is 5.92 Å². The Bertz CT molecular complexity index is 575. The van der Waals surface area contributed by atoms with E-state index in [9.17, 15) is 9.59 Å². The maximum absolute atomic E-state index is 11.9. The van der Waals surface area contributed by atoms with Crippen LogP contribution in [0.3, 0.4) is 0 Å². The summed E-state index contributed by atoms with van der Waals surface area (Å²) in [6.45, 7) is 5.19. The molecule has 0 spiro atoms. The van der Waals surface area contributed by atoms with Crippen molar-refractivity contribution < 1.29 is 19.1 Å². The number of benzene rings is 1. The average molecular weight is 364 g/mol. The predicted molar refractivity (Wildman–Crippen MR) is 103 cm³/mol. The molecule has 146 valence electrons. The third-order valence-corrected chi connectivity index (χ3v) is 4.45. The molecule has 0 unspecified atom stereocenters. The number of amides is 2. The number of rotatable bonds is 11. The van der Waals surface area contributed by atoms with Crippen molar-refractivity contribution in [3.63, 3.8) is 0 Å². The van der Waals surface area contributed by atoms with Gasteiger partial charge in [-0.1, -0.05) is 39.2 Å². The third kappa shape index (κ3) is 7.33. The molecule has 2 N–H and O–H groups in total. The second-order valence-corrected chi connectivity index (χ2v) is 6.32. The van der Waals surface area contributed by atoms with Crippen molar-refractivity contribution in [1.29, 1.82) is 0 Å². The predicted octanol–water partition coefficient (Wildman–Crippen LogP) is 2.70. The molecular formula is C20H32N2O4. The molecule has 0 bridgehead atoms. The Labute approximate surface area is 156 Å².